The maximum Gasteiger partial charge on any atom is 0.221 e. The maximum absolute atomic E-state index is 9.51. The Morgan fingerprint density at radius 1 is 1.47 bits per heavy atom. The smallest absolute Gasteiger partial charge is 0.221 e. The number of rotatable bonds is 7. The highest BCUT2D eigenvalue weighted by molar-refractivity contribution is 5.47. The highest BCUT2D eigenvalue weighted by atomic mass is 16.5. The summed E-state index contributed by atoms with van der Waals surface area (Å²) in [6.07, 6.45) is 0.869. The summed E-state index contributed by atoms with van der Waals surface area (Å²) in [7, 11) is 1.55. The van der Waals surface area contributed by atoms with E-state index in [9.17, 15) is 5.11 Å². The van der Waals surface area contributed by atoms with Crippen molar-refractivity contribution in [2.24, 2.45) is 0 Å². The van der Waals surface area contributed by atoms with Crippen LogP contribution in [0.4, 0.5) is 5.82 Å². The zero-order valence-corrected chi connectivity index (χ0v) is 10.4. The van der Waals surface area contributed by atoms with Crippen molar-refractivity contribution < 1.29 is 14.6 Å². The topological polar surface area (TPSA) is 76.5 Å². The molecule has 0 aliphatic heterocycles. The number of nitrogens with one attached hydrogen (secondary N) is 1. The molecule has 1 atom stereocenters. The van der Waals surface area contributed by atoms with Crippen LogP contribution >= 0.6 is 0 Å². The fraction of sp³-hybridized carbons (Fsp3) is 0.636. The van der Waals surface area contributed by atoms with Crippen LogP contribution in [0.5, 0.6) is 5.88 Å². The van der Waals surface area contributed by atoms with Crippen molar-refractivity contribution in [3.05, 3.63) is 11.9 Å². The third-order valence-electron chi connectivity index (χ3n) is 2.18. The summed E-state index contributed by atoms with van der Waals surface area (Å²) in [6, 6.07) is 0. The molecule has 6 heteroatoms. The molecular weight excluding hydrogens is 222 g/mol. The highest BCUT2D eigenvalue weighted by Crippen LogP contribution is 2.19. The van der Waals surface area contributed by atoms with E-state index in [-0.39, 0.29) is 6.61 Å². The molecule has 0 aliphatic carbocycles. The molecule has 0 aliphatic rings. The van der Waals surface area contributed by atoms with Crippen molar-refractivity contribution in [2.45, 2.75) is 20.0 Å². The third-order valence-corrected chi connectivity index (χ3v) is 2.18. The number of hydrogen-bond acceptors (Lipinski definition) is 6. The van der Waals surface area contributed by atoms with Crippen molar-refractivity contribution in [1.29, 1.82) is 0 Å². The summed E-state index contributed by atoms with van der Waals surface area (Å²) < 4.78 is 10.2. The molecule has 0 bridgehead atoms. The Morgan fingerprint density at radius 3 is 2.88 bits per heavy atom. The Bertz CT molecular complexity index is 347. The fourth-order valence-corrected chi connectivity index (χ4v) is 1.36. The van der Waals surface area contributed by atoms with Crippen LogP contribution in [-0.4, -0.2) is 48.0 Å². The van der Waals surface area contributed by atoms with Crippen molar-refractivity contribution in [3.8, 4) is 5.88 Å². The van der Waals surface area contributed by atoms with Crippen molar-refractivity contribution >= 4 is 5.82 Å². The van der Waals surface area contributed by atoms with Gasteiger partial charge in [-0.15, -0.1) is 0 Å². The zero-order chi connectivity index (χ0) is 12.7. The average Bonchev–Trinajstić information content (AvgIpc) is 2.31. The van der Waals surface area contributed by atoms with E-state index in [0.29, 0.717) is 24.8 Å². The number of nitrogens with zero attached hydrogens (tertiary/aromatic N) is 2. The second kappa shape index (κ2) is 7.03. The number of hydrogen-bond donors (Lipinski definition) is 2. The van der Waals surface area contributed by atoms with E-state index in [1.165, 1.54) is 6.33 Å². The van der Waals surface area contributed by atoms with E-state index in [1.807, 2.05) is 13.8 Å². The Balaban J connectivity index is 2.61. The van der Waals surface area contributed by atoms with Gasteiger partial charge in [0, 0.05) is 13.7 Å². The van der Waals surface area contributed by atoms with Crippen LogP contribution in [-0.2, 0) is 4.74 Å². The van der Waals surface area contributed by atoms with Gasteiger partial charge in [-0.1, -0.05) is 0 Å². The molecule has 1 aromatic rings. The van der Waals surface area contributed by atoms with Gasteiger partial charge < -0.3 is 19.9 Å². The lowest BCUT2D eigenvalue weighted by Gasteiger charge is -2.14. The molecule has 2 N–H and O–H groups in total. The molecule has 0 saturated heterocycles. The van der Waals surface area contributed by atoms with Crippen LogP contribution in [0, 0.1) is 6.92 Å². The molecule has 0 fully saturated rings. The summed E-state index contributed by atoms with van der Waals surface area (Å²) in [5.74, 6) is 1.23. The predicted octanol–water partition coefficient (Wildman–Crippen LogP) is 0.603. The van der Waals surface area contributed by atoms with Gasteiger partial charge in [0.1, 0.15) is 12.1 Å². The van der Waals surface area contributed by atoms with E-state index in [4.69, 9.17) is 9.47 Å². The SMILES string of the molecule is CCOc1ncnc(NCC(O)COC)c1C. The number of aliphatic hydroxyl groups is 1. The van der Waals surface area contributed by atoms with Crippen LogP contribution in [0.2, 0.25) is 0 Å². The van der Waals surface area contributed by atoms with Crippen molar-refractivity contribution in [2.75, 3.05) is 32.2 Å². The minimum Gasteiger partial charge on any atom is -0.478 e. The Hall–Kier alpha value is -1.40. The molecule has 6 nitrogen and oxygen atoms in total. The van der Waals surface area contributed by atoms with E-state index in [0.717, 1.165) is 5.56 Å². The quantitative estimate of drug-likeness (QED) is 0.728. The van der Waals surface area contributed by atoms with Crippen LogP contribution in [0.1, 0.15) is 12.5 Å². The molecular formula is C11H19N3O3. The Labute approximate surface area is 101 Å². The lowest BCUT2D eigenvalue weighted by Crippen LogP contribution is -2.24. The van der Waals surface area contributed by atoms with Crippen LogP contribution in [0.15, 0.2) is 6.33 Å². The summed E-state index contributed by atoms with van der Waals surface area (Å²) in [6.45, 7) is 4.99. The minimum atomic E-state index is -0.565. The van der Waals surface area contributed by atoms with E-state index >= 15 is 0 Å². The van der Waals surface area contributed by atoms with Crippen molar-refractivity contribution in [3.63, 3.8) is 0 Å². The van der Waals surface area contributed by atoms with Crippen LogP contribution in [0.3, 0.4) is 0 Å². The van der Waals surface area contributed by atoms with Gasteiger partial charge in [-0.2, -0.15) is 0 Å². The summed E-state index contributed by atoms with van der Waals surface area (Å²) in [5, 5.41) is 12.5. The van der Waals surface area contributed by atoms with E-state index in [1.54, 1.807) is 7.11 Å². The van der Waals surface area contributed by atoms with Crippen LogP contribution < -0.4 is 10.1 Å². The summed E-state index contributed by atoms with van der Waals surface area (Å²) >= 11 is 0. The first kappa shape index (κ1) is 13.7. The predicted molar refractivity (Wildman–Crippen MR) is 64.3 cm³/mol. The van der Waals surface area contributed by atoms with Gasteiger partial charge in [-0.3, -0.25) is 0 Å². The molecule has 1 unspecified atom stereocenters. The number of anilines is 1. The second-order valence-electron chi connectivity index (χ2n) is 3.58. The zero-order valence-electron chi connectivity index (χ0n) is 10.4. The van der Waals surface area contributed by atoms with Crippen LogP contribution in [0.25, 0.3) is 0 Å². The minimum absolute atomic E-state index is 0.287. The third kappa shape index (κ3) is 4.16. The molecule has 17 heavy (non-hydrogen) atoms. The molecule has 0 aromatic carbocycles. The number of methoxy groups -OCH3 is 1. The lowest BCUT2D eigenvalue weighted by molar-refractivity contribution is 0.0727. The van der Waals surface area contributed by atoms with Gasteiger partial charge in [-0.05, 0) is 13.8 Å². The Morgan fingerprint density at radius 2 is 2.24 bits per heavy atom. The number of ether oxygens (including phenoxy) is 2. The standard InChI is InChI=1S/C11H19N3O3/c1-4-17-11-8(2)10(13-7-14-11)12-5-9(15)6-16-3/h7,9,15H,4-6H2,1-3H3,(H,12,13,14). The van der Waals surface area contributed by atoms with E-state index in [2.05, 4.69) is 15.3 Å². The molecule has 0 radical (unpaired) electrons. The van der Waals surface area contributed by atoms with E-state index < -0.39 is 6.10 Å². The molecule has 1 aromatic heterocycles. The highest BCUT2D eigenvalue weighted by Gasteiger charge is 2.09. The first-order valence-electron chi connectivity index (χ1n) is 5.54. The second-order valence-corrected chi connectivity index (χ2v) is 3.58. The fourth-order valence-electron chi connectivity index (χ4n) is 1.36. The lowest BCUT2D eigenvalue weighted by atomic mass is 10.3. The van der Waals surface area contributed by atoms with Gasteiger partial charge >= 0.3 is 0 Å². The molecule has 0 saturated carbocycles. The van der Waals surface area contributed by atoms with Crippen molar-refractivity contribution in [1.82, 2.24) is 9.97 Å². The monoisotopic (exact) mass is 241 g/mol. The van der Waals surface area contributed by atoms with Gasteiger partial charge in [0.25, 0.3) is 0 Å². The average molecular weight is 241 g/mol. The number of aliphatic hydroxyl groups excluding tert-OH is 1. The normalized spacial score (nSPS) is 12.2. The van der Waals surface area contributed by atoms with Gasteiger partial charge in [0.2, 0.25) is 5.88 Å². The van der Waals surface area contributed by atoms with Gasteiger partial charge in [0.15, 0.2) is 0 Å². The largest absolute Gasteiger partial charge is 0.478 e. The Kier molecular flexibility index (Phi) is 5.65. The molecule has 0 amide bonds. The molecule has 1 heterocycles. The maximum atomic E-state index is 9.51. The molecule has 96 valence electrons. The summed E-state index contributed by atoms with van der Waals surface area (Å²) in [5.41, 5.74) is 0.832. The molecule has 1 rings (SSSR count). The molecule has 0 spiro atoms. The first-order valence-corrected chi connectivity index (χ1v) is 5.54. The first-order chi connectivity index (χ1) is 8.19. The summed E-state index contributed by atoms with van der Waals surface area (Å²) in [4.78, 5) is 8.13. The van der Waals surface area contributed by atoms with Gasteiger partial charge in [-0.25, -0.2) is 9.97 Å². The van der Waals surface area contributed by atoms with Gasteiger partial charge in [0.05, 0.1) is 24.9 Å². The number of aromatic nitrogens is 2.